The molecule has 0 bridgehead atoms. The van der Waals surface area contributed by atoms with Crippen molar-refractivity contribution in [2.45, 2.75) is 32.6 Å². The fourth-order valence-corrected chi connectivity index (χ4v) is 3.30. The molecule has 1 aliphatic heterocycles. The average molecular weight is 254 g/mol. The van der Waals surface area contributed by atoms with Crippen LogP contribution in [0, 0.1) is 13.8 Å². The molecule has 1 fully saturated rings. The number of aryl methyl sites for hydroxylation is 1. The van der Waals surface area contributed by atoms with Gasteiger partial charge in [-0.25, -0.2) is 0 Å². The maximum Gasteiger partial charge on any atom is 0.125 e. The van der Waals surface area contributed by atoms with Gasteiger partial charge in [0.25, 0.3) is 0 Å². The smallest absolute Gasteiger partial charge is 0.125 e. The zero-order chi connectivity index (χ0) is 12.4. The molecule has 2 rings (SSSR count). The van der Waals surface area contributed by atoms with E-state index in [0.29, 0.717) is 5.92 Å². The Balaban J connectivity index is 2.44. The van der Waals surface area contributed by atoms with Gasteiger partial charge in [-0.1, -0.05) is 11.6 Å². The highest BCUT2D eigenvalue weighted by Crippen LogP contribution is 2.38. The Morgan fingerprint density at radius 3 is 2.76 bits per heavy atom. The van der Waals surface area contributed by atoms with Crippen LogP contribution in [-0.4, -0.2) is 20.2 Å². The zero-order valence-electron chi connectivity index (χ0n) is 10.8. The van der Waals surface area contributed by atoms with E-state index in [2.05, 4.69) is 12.2 Å². The quantitative estimate of drug-likeness (QED) is 0.872. The summed E-state index contributed by atoms with van der Waals surface area (Å²) in [6.45, 7) is 6.30. The molecule has 1 aromatic carbocycles. The largest absolute Gasteiger partial charge is 0.496 e. The van der Waals surface area contributed by atoms with Crippen molar-refractivity contribution in [3.8, 4) is 5.75 Å². The predicted molar refractivity (Wildman–Crippen MR) is 72.3 cm³/mol. The van der Waals surface area contributed by atoms with Crippen molar-refractivity contribution in [1.29, 1.82) is 0 Å². The second-order valence-electron chi connectivity index (χ2n) is 4.79. The van der Waals surface area contributed by atoms with E-state index in [1.54, 1.807) is 7.11 Å². The molecule has 1 N–H and O–H groups in total. The van der Waals surface area contributed by atoms with Gasteiger partial charge in [-0.3, -0.25) is 0 Å². The molecule has 0 saturated carbocycles. The first-order chi connectivity index (χ1) is 8.15. The second kappa shape index (κ2) is 5.28. The standard InChI is InChI=1S/C14H20ClNO/c1-9-7-12(15)13(10(2)14(9)17-3)11-5-4-6-16-8-11/h7,11,16H,4-6,8H2,1-3H3. The third-order valence-corrected chi connectivity index (χ3v) is 3.93. The molecule has 1 atom stereocenters. The van der Waals surface area contributed by atoms with Gasteiger partial charge in [0.2, 0.25) is 0 Å². The topological polar surface area (TPSA) is 21.3 Å². The average Bonchev–Trinajstić information content (AvgIpc) is 2.30. The molecule has 0 spiro atoms. The molecule has 1 aliphatic rings. The molecule has 0 radical (unpaired) electrons. The van der Waals surface area contributed by atoms with Gasteiger partial charge in [0, 0.05) is 11.6 Å². The van der Waals surface area contributed by atoms with Gasteiger partial charge in [0.15, 0.2) is 0 Å². The number of rotatable bonds is 2. The Labute approximate surface area is 108 Å². The number of benzene rings is 1. The number of hydrogen-bond acceptors (Lipinski definition) is 2. The highest BCUT2D eigenvalue weighted by Gasteiger charge is 2.22. The lowest BCUT2D eigenvalue weighted by Crippen LogP contribution is -2.29. The summed E-state index contributed by atoms with van der Waals surface area (Å²) in [6.07, 6.45) is 2.43. The van der Waals surface area contributed by atoms with Gasteiger partial charge in [0.05, 0.1) is 7.11 Å². The third-order valence-electron chi connectivity index (χ3n) is 3.61. The predicted octanol–water partition coefficient (Wildman–Crippen LogP) is 3.43. The lowest BCUT2D eigenvalue weighted by atomic mass is 9.87. The summed E-state index contributed by atoms with van der Waals surface area (Å²) in [4.78, 5) is 0. The van der Waals surface area contributed by atoms with Crippen LogP contribution in [-0.2, 0) is 0 Å². The lowest BCUT2D eigenvalue weighted by Gasteiger charge is -2.27. The molecule has 94 valence electrons. The lowest BCUT2D eigenvalue weighted by molar-refractivity contribution is 0.404. The highest BCUT2D eigenvalue weighted by atomic mass is 35.5. The van der Waals surface area contributed by atoms with Crippen LogP contribution in [0.1, 0.15) is 35.4 Å². The van der Waals surface area contributed by atoms with Crippen molar-refractivity contribution in [3.05, 3.63) is 27.8 Å². The van der Waals surface area contributed by atoms with Crippen LogP contribution in [0.5, 0.6) is 5.75 Å². The maximum absolute atomic E-state index is 6.41. The Kier molecular flexibility index (Phi) is 3.95. The molecule has 1 saturated heterocycles. The number of ether oxygens (including phenoxy) is 1. The normalized spacial score (nSPS) is 20.4. The zero-order valence-corrected chi connectivity index (χ0v) is 11.5. The molecular weight excluding hydrogens is 234 g/mol. The maximum atomic E-state index is 6.41. The van der Waals surface area contributed by atoms with E-state index < -0.39 is 0 Å². The second-order valence-corrected chi connectivity index (χ2v) is 5.20. The summed E-state index contributed by atoms with van der Waals surface area (Å²) in [5.74, 6) is 1.50. The molecule has 17 heavy (non-hydrogen) atoms. The Bertz CT molecular complexity index is 411. The van der Waals surface area contributed by atoms with Crippen molar-refractivity contribution in [1.82, 2.24) is 5.32 Å². The van der Waals surface area contributed by atoms with E-state index in [1.807, 2.05) is 13.0 Å². The van der Waals surface area contributed by atoms with Crippen LogP contribution in [0.25, 0.3) is 0 Å². The fourth-order valence-electron chi connectivity index (χ4n) is 2.84. The van der Waals surface area contributed by atoms with E-state index in [4.69, 9.17) is 16.3 Å². The van der Waals surface area contributed by atoms with E-state index >= 15 is 0 Å². The van der Waals surface area contributed by atoms with Gasteiger partial charge in [0.1, 0.15) is 5.75 Å². The first-order valence-electron chi connectivity index (χ1n) is 6.19. The van der Waals surface area contributed by atoms with E-state index in [-0.39, 0.29) is 0 Å². The monoisotopic (exact) mass is 253 g/mol. The van der Waals surface area contributed by atoms with Gasteiger partial charge >= 0.3 is 0 Å². The van der Waals surface area contributed by atoms with Crippen LogP contribution in [0.3, 0.4) is 0 Å². The Morgan fingerprint density at radius 2 is 2.18 bits per heavy atom. The van der Waals surface area contributed by atoms with Gasteiger partial charge in [-0.05, 0) is 61.9 Å². The molecule has 0 aliphatic carbocycles. The summed E-state index contributed by atoms with van der Waals surface area (Å²) in [5.41, 5.74) is 3.58. The van der Waals surface area contributed by atoms with Gasteiger partial charge < -0.3 is 10.1 Å². The SMILES string of the molecule is COc1c(C)cc(Cl)c(C2CCCNC2)c1C. The van der Waals surface area contributed by atoms with E-state index in [1.165, 1.54) is 24.0 Å². The number of piperidine rings is 1. The number of nitrogens with one attached hydrogen (secondary N) is 1. The van der Waals surface area contributed by atoms with Crippen molar-refractivity contribution in [2.24, 2.45) is 0 Å². The molecular formula is C14H20ClNO. The molecule has 3 heteroatoms. The van der Waals surface area contributed by atoms with Gasteiger partial charge in [-0.2, -0.15) is 0 Å². The first kappa shape index (κ1) is 12.7. The minimum atomic E-state index is 0.519. The molecule has 0 aromatic heterocycles. The third kappa shape index (κ3) is 2.43. The first-order valence-corrected chi connectivity index (χ1v) is 6.57. The summed E-state index contributed by atoms with van der Waals surface area (Å²) < 4.78 is 5.48. The van der Waals surface area contributed by atoms with Crippen LogP contribution in [0.4, 0.5) is 0 Å². The molecule has 1 heterocycles. The summed E-state index contributed by atoms with van der Waals surface area (Å²) in [5, 5.41) is 4.32. The van der Waals surface area contributed by atoms with E-state index in [9.17, 15) is 0 Å². The van der Waals surface area contributed by atoms with Crippen LogP contribution in [0.2, 0.25) is 5.02 Å². The molecule has 1 unspecified atom stereocenters. The summed E-state index contributed by atoms with van der Waals surface area (Å²) in [6, 6.07) is 2.03. The van der Waals surface area contributed by atoms with Crippen molar-refractivity contribution in [3.63, 3.8) is 0 Å². The Morgan fingerprint density at radius 1 is 1.41 bits per heavy atom. The minimum absolute atomic E-state index is 0.519. The minimum Gasteiger partial charge on any atom is -0.496 e. The number of methoxy groups -OCH3 is 1. The van der Waals surface area contributed by atoms with Gasteiger partial charge in [-0.15, -0.1) is 0 Å². The van der Waals surface area contributed by atoms with Crippen molar-refractivity contribution in [2.75, 3.05) is 20.2 Å². The van der Waals surface area contributed by atoms with Crippen molar-refractivity contribution < 1.29 is 4.74 Å². The van der Waals surface area contributed by atoms with Crippen LogP contribution >= 0.6 is 11.6 Å². The van der Waals surface area contributed by atoms with Crippen molar-refractivity contribution >= 4 is 11.6 Å². The molecule has 0 amide bonds. The van der Waals surface area contributed by atoms with Crippen LogP contribution < -0.4 is 10.1 Å². The Hall–Kier alpha value is -0.730. The summed E-state index contributed by atoms with van der Waals surface area (Å²) in [7, 11) is 1.73. The number of halogens is 1. The molecule has 1 aromatic rings. The molecule has 2 nitrogen and oxygen atoms in total. The number of hydrogen-bond donors (Lipinski definition) is 1. The highest BCUT2D eigenvalue weighted by molar-refractivity contribution is 6.31. The van der Waals surface area contributed by atoms with E-state index in [0.717, 1.165) is 29.4 Å². The van der Waals surface area contributed by atoms with Crippen LogP contribution in [0.15, 0.2) is 6.07 Å². The summed E-state index contributed by atoms with van der Waals surface area (Å²) >= 11 is 6.41. The fraction of sp³-hybridized carbons (Fsp3) is 0.571.